The van der Waals surface area contributed by atoms with Gasteiger partial charge < -0.3 is 20.6 Å². The molecule has 3 heterocycles. The lowest BCUT2D eigenvalue weighted by Crippen LogP contribution is -2.47. The van der Waals surface area contributed by atoms with Gasteiger partial charge in [0.1, 0.15) is 5.82 Å². The second-order valence-electron chi connectivity index (χ2n) is 9.97. The maximum Gasteiger partial charge on any atom is 0.404 e. The quantitative estimate of drug-likeness (QED) is 0.702. The van der Waals surface area contributed by atoms with Crippen molar-refractivity contribution >= 4 is 23.4 Å². The van der Waals surface area contributed by atoms with Gasteiger partial charge in [0.05, 0.1) is 5.69 Å². The number of hydrogen-bond acceptors (Lipinski definition) is 5. The highest BCUT2D eigenvalue weighted by molar-refractivity contribution is 5.70. The van der Waals surface area contributed by atoms with Gasteiger partial charge in [-0.1, -0.05) is 20.8 Å². The molecular weight excluding hydrogens is 368 g/mol. The van der Waals surface area contributed by atoms with Crippen molar-refractivity contribution in [3.05, 3.63) is 18.1 Å². The molecule has 0 spiro atoms. The minimum absolute atomic E-state index is 0.0932. The molecule has 8 nitrogen and oxygen atoms in total. The fraction of sp³-hybridized carbons (Fsp3) is 0.667. The molecule has 3 N–H and O–H groups in total. The van der Waals surface area contributed by atoms with Crippen LogP contribution >= 0.6 is 0 Å². The van der Waals surface area contributed by atoms with Crippen LogP contribution < -0.4 is 15.5 Å². The number of aryl methyl sites for hydroxylation is 1. The largest absolute Gasteiger partial charge is 0.465 e. The average molecular weight is 403 g/mol. The molecule has 0 aromatic carbocycles. The lowest BCUT2D eigenvalue weighted by molar-refractivity contribution is 0.188. The van der Waals surface area contributed by atoms with Crippen LogP contribution in [0.2, 0.25) is 0 Å². The summed E-state index contributed by atoms with van der Waals surface area (Å²) in [5.41, 5.74) is 1.84. The van der Waals surface area contributed by atoms with Gasteiger partial charge in [-0.3, -0.25) is 4.40 Å². The van der Waals surface area contributed by atoms with Crippen LogP contribution in [0.5, 0.6) is 0 Å². The Morgan fingerprint density at radius 3 is 2.69 bits per heavy atom. The number of anilines is 2. The average Bonchev–Trinajstić information content (AvgIpc) is 2.87. The number of nitrogens with one attached hydrogen (secondary N) is 2. The van der Waals surface area contributed by atoms with Gasteiger partial charge in [0.2, 0.25) is 0 Å². The second kappa shape index (κ2) is 7.72. The number of carboxylic acid groups (broad SMARTS) is 1. The molecular formula is C21H34N6O2. The molecule has 2 aromatic heterocycles. The van der Waals surface area contributed by atoms with E-state index in [0.29, 0.717) is 6.54 Å². The molecule has 0 bridgehead atoms. The van der Waals surface area contributed by atoms with Crippen LogP contribution in [0, 0.1) is 12.3 Å². The van der Waals surface area contributed by atoms with Gasteiger partial charge in [0, 0.05) is 37.1 Å². The van der Waals surface area contributed by atoms with Crippen molar-refractivity contribution in [1.29, 1.82) is 0 Å². The fourth-order valence-electron chi connectivity index (χ4n) is 4.60. The summed E-state index contributed by atoms with van der Waals surface area (Å²) in [6, 6.07) is -0.0947. The number of rotatable bonds is 5. The molecule has 1 fully saturated rings. The maximum atomic E-state index is 11.0. The van der Waals surface area contributed by atoms with E-state index < -0.39 is 6.09 Å². The predicted octanol–water partition coefficient (Wildman–Crippen LogP) is 3.90. The third-order valence-corrected chi connectivity index (χ3v) is 5.18. The molecule has 1 atom stereocenters. The van der Waals surface area contributed by atoms with Crippen molar-refractivity contribution in [2.75, 3.05) is 23.3 Å². The van der Waals surface area contributed by atoms with E-state index in [2.05, 4.69) is 59.5 Å². The topological polar surface area (TPSA) is 94.8 Å². The third kappa shape index (κ3) is 5.10. The number of aromatic nitrogens is 3. The molecule has 3 rings (SSSR count). The Morgan fingerprint density at radius 1 is 1.31 bits per heavy atom. The first-order chi connectivity index (χ1) is 13.5. The van der Waals surface area contributed by atoms with Crippen LogP contribution in [0.25, 0.3) is 5.65 Å². The van der Waals surface area contributed by atoms with Gasteiger partial charge in [0.15, 0.2) is 11.5 Å². The first-order valence-electron chi connectivity index (χ1n) is 10.3. The minimum Gasteiger partial charge on any atom is -0.465 e. The zero-order valence-electron chi connectivity index (χ0n) is 18.4. The van der Waals surface area contributed by atoms with Crippen molar-refractivity contribution in [2.24, 2.45) is 5.41 Å². The van der Waals surface area contributed by atoms with Crippen molar-refractivity contribution in [1.82, 2.24) is 19.7 Å². The summed E-state index contributed by atoms with van der Waals surface area (Å²) < 4.78 is 2.07. The molecule has 1 saturated heterocycles. The summed E-state index contributed by atoms with van der Waals surface area (Å²) >= 11 is 0. The van der Waals surface area contributed by atoms with Crippen LogP contribution in [0.4, 0.5) is 16.4 Å². The molecule has 1 aliphatic heterocycles. The van der Waals surface area contributed by atoms with Gasteiger partial charge >= 0.3 is 6.09 Å². The molecule has 8 heteroatoms. The van der Waals surface area contributed by atoms with Gasteiger partial charge in [-0.2, -0.15) is 0 Å². The van der Waals surface area contributed by atoms with Crippen molar-refractivity contribution < 1.29 is 9.90 Å². The Hall–Kier alpha value is -2.51. The molecule has 1 amide bonds. The van der Waals surface area contributed by atoms with Gasteiger partial charge in [-0.05, 0) is 45.4 Å². The molecule has 2 aromatic rings. The van der Waals surface area contributed by atoms with Gasteiger partial charge in [0.25, 0.3) is 0 Å². The fourth-order valence-corrected chi connectivity index (χ4v) is 4.60. The van der Waals surface area contributed by atoms with E-state index >= 15 is 0 Å². The predicted molar refractivity (Wildman–Crippen MR) is 116 cm³/mol. The van der Waals surface area contributed by atoms with Crippen molar-refractivity contribution in [3.63, 3.8) is 0 Å². The van der Waals surface area contributed by atoms with E-state index in [4.69, 9.17) is 10.1 Å². The first kappa shape index (κ1) is 21.2. The normalized spacial score (nSPS) is 18.1. The number of piperidine rings is 1. The molecule has 0 saturated carbocycles. The number of carbonyl (C=O) groups is 1. The summed E-state index contributed by atoms with van der Waals surface area (Å²) in [6.45, 7) is 14.6. The van der Waals surface area contributed by atoms with E-state index in [1.165, 1.54) is 0 Å². The number of nitrogens with zero attached hydrogens (tertiary/aromatic N) is 4. The maximum absolute atomic E-state index is 11.0. The summed E-state index contributed by atoms with van der Waals surface area (Å²) in [5, 5.41) is 15.4. The Kier molecular flexibility index (Phi) is 5.65. The van der Waals surface area contributed by atoms with E-state index in [-0.39, 0.29) is 17.0 Å². The smallest absolute Gasteiger partial charge is 0.404 e. The first-order valence-corrected chi connectivity index (χ1v) is 10.3. The number of imidazole rings is 1. The Bertz CT molecular complexity index is 883. The molecule has 160 valence electrons. The Labute approximate surface area is 172 Å². The number of amides is 1. The Morgan fingerprint density at radius 2 is 2.03 bits per heavy atom. The molecule has 29 heavy (non-hydrogen) atoms. The summed E-state index contributed by atoms with van der Waals surface area (Å²) in [4.78, 5) is 22.6. The third-order valence-electron chi connectivity index (χ3n) is 5.18. The van der Waals surface area contributed by atoms with E-state index in [0.717, 1.165) is 48.8 Å². The summed E-state index contributed by atoms with van der Waals surface area (Å²) in [5.74, 6) is 1.78. The molecule has 1 aliphatic rings. The van der Waals surface area contributed by atoms with Crippen LogP contribution in [0.15, 0.2) is 12.4 Å². The highest BCUT2D eigenvalue weighted by Gasteiger charge is 2.29. The SMILES string of the molecule is Cc1nc2c(N3CCCC(NC(=O)O)C3)nccn2c1NC(C)(C)CC(C)(C)C. The van der Waals surface area contributed by atoms with Gasteiger partial charge in [-0.15, -0.1) is 0 Å². The lowest BCUT2D eigenvalue weighted by Gasteiger charge is -2.34. The molecule has 0 aliphatic carbocycles. The van der Waals surface area contributed by atoms with Crippen LogP contribution in [0.1, 0.15) is 59.6 Å². The van der Waals surface area contributed by atoms with Crippen molar-refractivity contribution in [2.45, 2.75) is 72.4 Å². The number of hydrogen-bond donors (Lipinski definition) is 3. The summed E-state index contributed by atoms with van der Waals surface area (Å²) in [6.07, 6.45) is 5.52. The monoisotopic (exact) mass is 402 g/mol. The van der Waals surface area contributed by atoms with E-state index in [1.807, 2.05) is 13.1 Å². The van der Waals surface area contributed by atoms with Gasteiger partial charge in [-0.25, -0.2) is 14.8 Å². The lowest BCUT2D eigenvalue weighted by atomic mass is 9.82. The van der Waals surface area contributed by atoms with Crippen LogP contribution in [-0.4, -0.2) is 50.2 Å². The van der Waals surface area contributed by atoms with E-state index in [9.17, 15) is 4.79 Å². The van der Waals surface area contributed by atoms with Crippen molar-refractivity contribution in [3.8, 4) is 0 Å². The standard InChI is InChI=1S/C21H34N6O2/c1-14-16(25-21(5,6)13-20(2,3)4)27-11-9-22-17(18(27)23-14)26-10-7-8-15(12-26)24-19(28)29/h9,11,15,24-25H,7-8,10,12-13H2,1-6H3,(H,28,29). The highest BCUT2D eigenvalue weighted by atomic mass is 16.4. The number of fused-ring (bicyclic) bond motifs is 1. The zero-order valence-corrected chi connectivity index (χ0v) is 18.4. The molecule has 1 unspecified atom stereocenters. The highest BCUT2D eigenvalue weighted by Crippen LogP contribution is 2.32. The van der Waals surface area contributed by atoms with Crippen LogP contribution in [0.3, 0.4) is 0 Å². The zero-order chi connectivity index (χ0) is 21.4. The van der Waals surface area contributed by atoms with E-state index in [1.54, 1.807) is 6.20 Å². The molecule has 0 radical (unpaired) electrons. The summed E-state index contributed by atoms with van der Waals surface area (Å²) in [7, 11) is 0. The van der Waals surface area contributed by atoms with Crippen LogP contribution in [-0.2, 0) is 0 Å². The Balaban J connectivity index is 1.91. The minimum atomic E-state index is -0.979. The second-order valence-corrected chi connectivity index (χ2v) is 9.97.